The molecule has 2 heterocycles. The minimum absolute atomic E-state index is 0.230. The molecule has 0 bridgehead atoms. The Kier molecular flexibility index (Phi) is 4.13. The second kappa shape index (κ2) is 5.86. The van der Waals surface area contributed by atoms with Crippen LogP contribution in [0.3, 0.4) is 0 Å². The van der Waals surface area contributed by atoms with E-state index in [-0.39, 0.29) is 11.9 Å². The van der Waals surface area contributed by atoms with Gasteiger partial charge in [0.1, 0.15) is 0 Å². The van der Waals surface area contributed by atoms with Gasteiger partial charge in [-0.1, -0.05) is 0 Å². The van der Waals surface area contributed by atoms with E-state index in [1.54, 1.807) is 11.3 Å². The SMILES string of the molecule is CC(C)N(CC1CCCN1)C(=O)c1cc2c(s1)CCC2. The highest BCUT2D eigenvalue weighted by molar-refractivity contribution is 7.14. The van der Waals surface area contributed by atoms with Crippen molar-refractivity contribution in [3.05, 3.63) is 21.4 Å². The highest BCUT2D eigenvalue weighted by atomic mass is 32.1. The zero-order valence-electron chi connectivity index (χ0n) is 12.4. The van der Waals surface area contributed by atoms with Crippen LogP contribution in [0, 0.1) is 0 Å². The maximum absolute atomic E-state index is 12.8. The lowest BCUT2D eigenvalue weighted by Crippen LogP contribution is -2.44. The molecule has 2 aliphatic rings. The molecule has 1 aromatic heterocycles. The van der Waals surface area contributed by atoms with Gasteiger partial charge < -0.3 is 10.2 Å². The predicted octanol–water partition coefficient (Wildman–Crippen LogP) is 2.84. The number of carbonyl (C=O) groups excluding carboxylic acids is 1. The molecule has 4 heteroatoms. The van der Waals surface area contributed by atoms with Crippen molar-refractivity contribution >= 4 is 17.2 Å². The number of hydrogen-bond acceptors (Lipinski definition) is 3. The number of thiophene rings is 1. The van der Waals surface area contributed by atoms with Crippen LogP contribution in [0.25, 0.3) is 0 Å². The van der Waals surface area contributed by atoms with Crippen LogP contribution < -0.4 is 5.32 Å². The van der Waals surface area contributed by atoms with Crippen LogP contribution in [0.1, 0.15) is 53.2 Å². The summed E-state index contributed by atoms with van der Waals surface area (Å²) in [5.74, 6) is 0.230. The molecule has 1 saturated heterocycles. The first-order valence-corrected chi connectivity index (χ1v) is 8.62. The van der Waals surface area contributed by atoms with E-state index in [0.29, 0.717) is 6.04 Å². The Balaban J connectivity index is 1.73. The highest BCUT2D eigenvalue weighted by Gasteiger charge is 2.27. The predicted molar refractivity (Wildman–Crippen MR) is 83.5 cm³/mol. The van der Waals surface area contributed by atoms with Crippen molar-refractivity contribution in [2.45, 2.75) is 58.0 Å². The molecule has 3 rings (SSSR count). The summed E-state index contributed by atoms with van der Waals surface area (Å²) in [7, 11) is 0. The Labute approximate surface area is 125 Å². The van der Waals surface area contributed by atoms with Gasteiger partial charge in [-0.05, 0) is 64.1 Å². The third-order valence-corrected chi connectivity index (χ3v) is 5.65. The Morgan fingerprint density at radius 2 is 2.30 bits per heavy atom. The quantitative estimate of drug-likeness (QED) is 0.925. The van der Waals surface area contributed by atoms with Crippen LogP contribution >= 0.6 is 11.3 Å². The van der Waals surface area contributed by atoms with E-state index in [2.05, 4.69) is 25.2 Å². The molecule has 0 spiro atoms. The summed E-state index contributed by atoms with van der Waals surface area (Å²) in [5.41, 5.74) is 1.42. The lowest BCUT2D eigenvalue weighted by Gasteiger charge is -2.29. The molecule has 1 aromatic rings. The summed E-state index contributed by atoms with van der Waals surface area (Å²) in [6.45, 7) is 6.18. The van der Waals surface area contributed by atoms with Gasteiger partial charge in [-0.25, -0.2) is 0 Å². The minimum atomic E-state index is 0.230. The van der Waals surface area contributed by atoms with E-state index >= 15 is 0 Å². The fourth-order valence-corrected chi connectivity index (χ4v) is 4.46. The van der Waals surface area contributed by atoms with Gasteiger partial charge in [0.25, 0.3) is 5.91 Å². The van der Waals surface area contributed by atoms with Crippen LogP contribution in [-0.2, 0) is 12.8 Å². The fraction of sp³-hybridized carbons (Fsp3) is 0.688. The van der Waals surface area contributed by atoms with Crippen LogP contribution in [0.2, 0.25) is 0 Å². The van der Waals surface area contributed by atoms with Gasteiger partial charge >= 0.3 is 0 Å². The number of hydrogen-bond donors (Lipinski definition) is 1. The van der Waals surface area contributed by atoms with Gasteiger partial charge in [0.15, 0.2) is 0 Å². The minimum Gasteiger partial charge on any atom is -0.334 e. The van der Waals surface area contributed by atoms with E-state index < -0.39 is 0 Å². The topological polar surface area (TPSA) is 32.3 Å². The largest absolute Gasteiger partial charge is 0.334 e. The number of amides is 1. The van der Waals surface area contributed by atoms with E-state index in [9.17, 15) is 4.79 Å². The molecule has 0 radical (unpaired) electrons. The third kappa shape index (κ3) is 2.77. The highest BCUT2D eigenvalue weighted by Crippen LogP contribution is 2.31. The van der Waals surface area contributed by atoms with Gasteiger partial charge in [-0.15, -0.1) is 11.3 Å². The molecular weight excluding hydrogens is 268 g/mol. The Hall–Kier alpha value is -0.870. The van der Waals surface area contributed by atoms with Crippen molar-refractivity contribution in [1.29, 1.82) is 0 Å². The summed E-state index contributed by atoms with van der Waals surface area (Å²) in [6.07, 6.45) is 6.01. The summed E-state index contributed by atoms with van der Waals surface area (Å²) < 4.78 is 0. The summed E-state index contributed by atoms with van der Waals surface area (Å²) in [5, 5.41) is 3.50. The van der Waals surface area contributed by atoms with Crippen molar-refractivity contribution in [3.8, 4) is 0 Å². The van der Waals surface area contributed by atoms with Gasteiger partial charge in [-0.2, -0.15) is 0 Å². The lowest BCUT2D eigenvalue weighted by atomic mass is 10.1. The molecule has 1 N–H and O–H groups in total. The molecule has 0 aromatic carbocycles. The Morgan fingerprint density at radius 3 is 2.95 bits per heavy atom. The van der Waals surface area contributed by atoms with Crippen molar-refractivity contribution in [2.24, 2.45) is 0 Å². The molecule has 1 unspecified atom stereocenters. The molecule has 1 amide bonds. The molecule has 0 saturated carbocycles. The van der Waals surface area contributed by atoms with Gasteiger partial charge in [0.05, 0.1) is 4.88 Å². The number of nitrogens with one attached hydrogen (secondary N) is 1. The molecule has 1 atom stereocenters. The van der Waals surface area contributed by atoms with Gasteiger partial charge in [-0.3, -0.25) is 4.79 Å². The van der Waals surface area contributed by atoms with Crippen molar-refractivity contribution in [3.63, 3.8) is 0 Å². The molecule has 1 fully saturated rings. The number of nitrogens with zero attached hydrogens (tertiary/aromatic N) is 1. The number of carbonyl (C=O) groups is 1. The monoisotopic (exact) mass is 292 g/mol. The average molecular weight is 292 g/mol. The standard InChI is InChI=1S/C16H24N2OS/c1-11(2)18(10-13-6-4-8-17-13)16(19)15-9-12-5-3-7-14(12)20-15/h9,11,13,17H,3-8,10H2,1-2H3. The van der Waals surface area contributed by atoms with E-state index in [1.165, 1.54) is 36.1 Å². The third-order valence-electron chi connectivity index (χ3n) is 4.42. The van der Waals surface area contributed by atoms with Crippen molar-refractivity contribution in [2.75, 3.05) is 13.1 Å². The van der Waals surface area contributed by atoms with Crippen LogP contribution in [0.15, 0.2) is 6.07 Å². The summed E-state index contributed by atoms with van der Waals surface area (Å²) in [6, 6.07) is 2.89. The van der Waals surface area contributed by atoms with Crippen LogP contribution in [-0.4, -0.2) is 36.0 Å². The second-order valence-corrected chi connectivity index (χ2v) is 7.39. The zero-order valence-corrected chi connectivity index (χ0v) is 13.3. The molecule has 20 heavy (non-hydrogen) atoms. The number of rotatable bonds is 4. The first kappa shape index (κ1) is 14.1. The first-order valence-electron chi connectivity index (χ1n) is 7.81. The molecular formula is C16H24N2OS. The Morgan fingerprint density at radius 1 is 1.45 bits per heavy atom. The number of aryl methyl sites for hydroxylation is 2. The second-order valence-electron chi connectivity index (χ2n) is 6.26. The average Bonchev–Trinajstić information content (AvgIpc) is 3.10. The molecule has 110 valence electrons. The molecule has 1 aliphatic heterocycles. The van der Waals surface area contributed by atoms with E-state index in [4.69, 9.17) is 0 Å². The Bertz CT molecular complexity index is 467. The van der Waals surface area contributed by atoms with Crippen molar-refractivity contribution < 1.29 is 4.79 Å². The molecule has 1 aliphatic carbocycles. The van der Waals surface area contributed by atoms with Crippen LogP contribution in [0.5, 0.6) is 0 Å². The fourth-order valence-electron chi connectivity index (χ4n) is 3.25. The maximum Gasteiger partial charge on any atom is 0.264 e. The smallest absolute Gasteiger partial charge is 0.264 e. The summed E-state index contributed by atoms with van der Waals surface area (Å²) >= 11 is 1.72. The van der Waals surface area contributed by atoms with Gasteiger partial charge in [0.2, 0.25) is 0 Å². The summed E-state index contributed by atoms with van der Waals surface area (Å²) in [4.78, 5) is 17.2. The van der Waals surface area contributed by atoms with E-state index in [0.717, 1.165) is 24.4 Å². The van der Waals surface area contributed by atoms with Crippen molar-refractivity contribution in [1.82, 2.24) is 10.2 Å². The maximum atomic E-state index is 12.8. The number of fused-ring (bicyclic) bond motifs is 1. The zero-order chi connectivity index (χ0) is 14.1. The first-order chi connectivity index (χ1) is 9.65. The van der Waals surface area contributed by atoms with E-state index in [1.807, 2.05) is 4.90 Å². The van der Waals surface area contributed by atoms with Crippen LogP contribution in [0.4, 0.5) is 0 Å². The molecule has 3 nitrogen and oxygen atoms in total. The van der Waals surface area contributed by atoms with Gasteiger partial charge in [0, 0.05) is 23.5 Å². The lowest BCUT2D eigenvalue weighted by molar-refractivity contribution is 0.0694. The normalized spacial score (nSPS) is 21.4.